The molecule has 16 heavy (non-hydrogen) atoms. The molecule has 0 aromatic rings. The highest BCUT2D eigenvalue weighted by Crippen LogP contribution is 2.11. The van der Waals surface area contributed by atoms with Crippen molar-refractivity contribution >= 4 is 5.91 Å². The molecular formula is C13H22N2O. The molecule has 1 atom stereocenters. The molecule has 0 aliphatic carbocycles. The lowest BCUT2D eigenvalue weighted by Crippen LogP contribution is -2.37. The maximum absolute atomic E-state index is 12.0. The molecule has 3 nitrogen and oxygen atoms in total. The van der Waals surface area contributed by atoms with Gasteiger partial charge in [0.05, 0.1) is 6.54 Å². The summed E-state index contributed by atoms with van der Waals surface area (Å²) in [4.78, 5) is 14.0. The summed E-state index contributed by atoms with van der Waals surface area (Å²) in [6.07, 6.45) is 10.5. The zero-order chi connectivity index (χ0) is 11.8. The summed E-state index contributed by atoms with van der Waals surface area (Å²) in [6, 6.07) is 0.173. The van der Waals surface area contributed by atoms with Crippen molar-refractivity contribution in [1.29, 1.82) is 0 Å². The largest absolute Gasteiger partial charge is 0.343 e. The topological polar surface area (TPSA) is 32.3 Å². The molecular weight excluding hydrogens is 200 g/mol. The molecule has 3 heteroatoms. The number of carbonyl (C=O) groups is 1. The summed E-state index contributed by atoms with van der Waals surface area (Å²) in [5.41, 5.74) is 0. The van der Waals surface area contributed by atoms with E-state index in [2.05, 4.69) is 11.2 Å². The van der Waals surface area contributed by atoms with Crippen LogP contribution >= 0.6 is 0 Å². The van der Waals surface area contributed by atoms with E-state index >= 15 is 0 Å². The van der Waals surface area contributed by atoms with E-state index < -0.39 is 0 Å². The Morgan fingerprint density at radius 2 is 2.00 bits per heavy atom. The lowest BCUT2D eigenvalue weighted by Gasteiger charge is -2.22. The second-order valence-electron chi connectivity index (χ2n) is 4.49. The van der Waals surface area contributed by atoms with E-state index in [-0.39, 0.29) is 11.9 Å². The number of nitrogens with one attached hydrogen (secondary N) is 1. The number of hydrogen-bond acceptors (Lipinski definition) is 2. The van der Waals surface area contributed by atoms with Gasteiger partial charge in [-0.3, -0.25) is 4.79 Å². The highest BCUT2D eigenvalue weighted by Gasteiger charge is 2.17. The zero-order valence-corrected chi connectivity index (χ0v) is 10.2. The molecule has 1 heterocycles. The molecule has 1 aliphatic rings. The molecule has 0 spiro atoms. The number of carbonyl (C=O) groups excluding carboxylic acids is 1. The van der Waals surface area contributed by atoms with Crippen LogP contribution in [-0.2, 0) is 4.79 Å². The van der Waals surface area contributed by atoms with Crippen molar-refractivity contribution in [2.75, 3.05) is 19.6 Å². The summed E-state index contributed by atoms with van der Waals surface area (Å²) >= 11 is 0. The van der Waals surface area contributed by atoms with Crippen LogP contribution < -0.4 is 5.32 Å². The first kappa shape index (κ1) is 13.1. The maximum Gasteiger partial charge on any atom is 0.224 e. The minimum Gasteiger partial charge on any atom is -0.343 e. The molecule has 0 saturated carbocycles. The van der Waals surface area contributed by atoms with Gasteiger partial charge in [-0.25, -0.2) is 0 Å². The van der Waals surface area contributed by atoms with Crippen molar-refractivity contribution in [3.8, 4) is 12.3 Å². The highest BCUT2D eigenvalue weighted by molar-refractivity contribution is 5.76. The summed E-state index contributed by atoms with van der Waals surface area (Å²) in [7, 11) is 0. The standard InChI is InChI=1S/C13H22N2O/c1-3-8-14-12(2)11-13(16)15-9-6-4-5-7-10-15/h1,12,14H,4-11H2,2H3. The fourth-order valence-corrected chi connectivity index (χ4v) is 2.02. The first-order valence-electron chi connectivity index (χ1n) is 6.18. The Balaban J connectivity index is 2.29. The van der Waals surface area contributed by atoms with Crippen LogP contribution in [0, 0.1) is 12.3 Å². The lowest BCUT2D eigenvalue weighted by molar-refractivity contribution is -0.131. The van der Waals surface area contributed by atoms with Gasteiger partial charge in [-0.15, -0.1) is 6.42 Å². The second kappa shape index (κ2) is 7.29. The SMILES string of the molecule is C#CCNC(C)CC(=O)N1CCCCCC1. The van der Waals surface area contributed by atoms with Gasteiger partial charge in [0, 0.05) is 25.6 Å². The minimum absolute atomic E-state index is 0.173. The van der Waals surface area contributed by atoms with Gasteiger partial charge < -0.3 is 10.2 Å². The minimum atomic E-state index is 0.173. The van der Waals surface area contributed by atoms with Crippen molar-refractivity contribution < 1.29 is 4.79 Å². The van der Waals surface area contributed by atoms with Crippen LogP contribution in [0.3, 0.4) is 0 Å². The Bertz CT molecular complexity index is 249. The molecule has 1 amide bonds. The number of rotatable bonds is 4. The predicted octanol–water partition coefficient (Wildman–Crippen LogP) is 1.39. The molecule has 0 radical (unpaired) electrons. The maximum atomic E-state index is 12.0. The third-order valence-electron chi connectivity index (χ3n) is 2.99. The third kappa shape index (κ3) is 4.67. The monoisotopic (exact) mass is 222 g/mol. The number of terminal acetylenes is 1. The molecule has 0 bridgehead atoms. The van der Waals surface area contributed by atoms with Crippen LogP contribution in [0.25, 0.3) is 0 Å². The lowest BCUT2D eigenvalue weighted by atomic mass is 10.2. The van der Waals surface area contributed by atoms with Crippen LogP contribution in [0.2, 0.25) is 0 Å². The number of likely N-dealkylation sites (tertiary alicyclic amines) is 1. The molecule has 0 aromatic carbocycles. The van der Waals surface area contributed by atoms with E-state index in [9.17, 15) is 4.79 Å². The van der Waals surface area contributed by atoms with E-state index in [0.717, 1.165) is 25.9 Å². The van der Waals surface area contributed by atoms with E-state index in [1.165, 1.54) is 12.8 Å². The van der Waals surface area contributed by atoms with Gasteiger partial charge >= 0.3 is 0 Å². The van der Waals surface area contributed by atoms with Crippen LogP contribution in [-0.4, -0.2) is 36.5 Å². The van der Waals surface area contributed by atoms with Crippen LogP contribution in [0.4, 0.5) is 0 Å². The van der Waals surface area contributed by atoms with Crippen molar-refractivity contribution in [2.45, 2.75) is 45.1 Å². The molecule has 1 N–H and O–H groups in total. The van der Waals surface area contributed by atoms with Crippen molar-refractivity contribution in [1.82, 2.24) is 10.2 Å². The van der Waals surface area contributed by atoms with Gasteiger partial charge in [0.1, 0.15) is 0 Å². The number of amides is 1. The van der Waals surface area contributed by atoms with Gasteiger partial charge in [-0.1, -0.05) is 18.8 Å². The van der Waals surface area contributed by atoms with Crippen LogP contribution in [0.1, 0.15) is 39.0 Å². The summed E-state index contributed by atoms with van der Waals surface area (Å²) in [5.74, 6) is 2.79. The first-order valence-corrected chi connectivity index (χ1v) is 6.18. The predicted molar refractivity (Wildman–Crippen MR) is 66.0 cm³/mol. The molecule has 1 fully saturated rings. The van der Waals surface area contributed by atoms with Gasteiger partial charge in [0.15, 0.2) is 0 Å². The summed E-state index contributed by atoms with van der Waals surface area (Å²) in [6.45, 7) is 4.41. The number of nitrogens with zero attached hydrogens (tertiary/aromatic N) is 1. The number of hydrogen-bond donors (Lipinski definition) is 1. The van der Waals surface area contributed by atoms with E-state index in [4.69, 9.17) is 6.42 Å². The molecule has 1 aliphatic heterocycles. The van der Waals surface area contributed by atoms with Gasteiger partial charge in [0.25, 0.3) is 0 Å². The average molecular weight is 222 g/mol. The van der Waals surface area contributed by atoms with Crippen molar-refractivity contribution in [3.05, 3.63) is 0 Å². The molecule has 1 rings (SSSR count). The van der Waals surface area contributed by atoms with E-state index in [1.807, 2.05) is 11.8 Å². The Morgan fingerprint density at radius 1 is 1.38 bits per heavy atom. The Labute approximate surface area is 98.6 Å². The molecule has 1 unspecified atom stereocenters. The Kier molecular flexibility index (Phi) is 5.95. The average Bonchev–Trinajstić information content (AvgIpc) is 2.54. The molecule has 90 valence electrons. The smallest absolute Gasteiger partial charge is 0.224 e. The zero-order valence-electron chi connectivity index (χ0n) is 10.2. The molecule has 0 aromatic heterocycles. The van der Waals surface area contributed by atoms with Crippen molar-refractivity contribution in [2.24, 2.45) is 0 Å². The third-order valence-corrected chi connectivity index (χ3v) is 2.99. The first-order chi connectivity index (χ1) is 7.74. The van der Waals surface area contributed by atoms with Crippen LogP contribution in [0.5, 0.6) is 0 Å². The second-order valence-corrected chi connectivity index (χ2v) is 4.49. The van der Waals surface area contributed by atoms with Crippen molar-refractivity contribution in [3.63, 3.8) is 0 Å². The Morgan fingerprint density at radius 3 is 2.56 bits per heavy atom. The van der Waals surface area contributed by atoms with Crippen LogP contribution in [0.15, 0.2) is 0 Å². The van der Waals surface area contributed by atoms with Gasteiger partial charge in [0.2, 0.25) is 5.91 Å². The quantitative estimate of drug-likeness (QED) is 0.729. The van der Waals surface area contributed by atoms with E-state index in [0.29, 0.717) is 13.0 Å². The summed E-state index contributed by atoms with van der Waals surface area (Å²) < 4.78 is 0. The van der Waals surface area contributed by atoms with E-state index in [1.54, 1.807) is 0 Å². The summed E-state index contributed by atoms with van der Waals surface area (Å²) in [5, 5.41) is 3.13. The van der Waals surface area contributed by atoms with Gasteiger partial charge in [-0.05, 0) is 19.8 Å². The Hall–Kier alpha value is -1.01. The van der Waals surface area contributed by atoms with Gasteiger partial charge in [-0.2, -0.15) is 0 Å². The highest BCUT2D eigenvalue weighted by atomic mass is 16.2. The fraction of sp³-hybridized carbons (Fsp3) is 0.769. The normalized spacial score (nSPS) is 18.6. The fourth-order valence-electron chi connectivity index (χ4n) is 2.02. The molecule has 1 saturated heterocycles.